The second kappa shape index (κ2) is 7.29. The predicted molar refractivity (Wildman–Crippen MR) is 78.5 cm³/mol. The Labute approximate surface area is 116 Å². The Morgan fingerprint density at radius 1 is 1.11 bits per heavy atom. The summed E-state index contributed by atoms with van der Waals surface area (Å²) < 4.78 is 4.65. The number of methoxy groups -OCH3 is 1. The van der Waals surface area contributed by atoms with Gasteiger partial charge >= 0.3 is 5.97 Å². The van der Waals surface area contributed by atoms with Crippen molar-refractivity contribution in [3.8, 4) is 0 Å². The van der Waals surface area contributed by atoms with E-state index in [-0.39, 0.29) is 5.97 Å². The number of carbonyl (C=O) groups is 1. The fourth-order valence-electron chi connectivity index (χ4n) is 2.10. The van der Waals surface area contributed by atoms with Gasteiger partial charge in [-0.25, -0.2) is 0 Å². The molecule has 106 valence electrons. The van der Waals surface area contributed by atoms with Crippen molar-refractivity contribution in [1.82, 2.24) is 4.90 Å². The zero-order valence-electron chi connectivity index (χ0n) is 12.7. The summed E-state index contributed by atoms with van der Waals surface area (Å²) in [5, 5.41) is 0. The molecule has 0 aliphatic carbocycles. The van der Waals surface area contributed by atoms with Crippen LogP contribution in [0.1, 0.15) is 28.7 Å². The van der Waals surface area contributed by atoms with Gasteiger partial charge in [-0.05, 0) is 56.5 Å². The van der Waals surface area contributed by atoms with E-state index in [1.807, 2.05) is 7.05 Å². The van der Waals surface area contributed by atoms with Gasteiger partial charge in [0.1, 0.15) is 0 Å². The Bertz CT molecular complexity index is 441. The molecular weight excluding hydrogens is 238 g/mol. The molecule has 0 spiro atoms. The average molecular weight is 263 g/mol. The van der Waals surface area contributed by atoms with Crippen molar-refractivity contribution in [2.45, 2.75) is 33.6 Å². The van der Waals surface area contributed by atoms with Crippen LogP contribution in [0.25, 0.3) is 0 Å². The Balaban J connectivity index is 2.48. The van der Waals surface area contributed by atoms with Crippen molar-refractivity contribution in [1.29, 1.82) is 0 Å². The molecule has 1 aromatic carbocycles. The lowest BCUT2D eigenvalue weighted by Gasteiger charge is -2.17. The van der Waals surface area contributed by atoms with Crippen molar-refractivity contribution in [3.63, 3.8) is 0 Å². The quantitative estimate of drug-likeness (QED) is 0.739. The van der Waals surface area contributed by atoms with Crippen molar-refractivity contribution in [2.24, 2.45) is 0 Å². The lowest BCUT2D eigenvalue weighted by molar-refractivity contribution is -0.140. The molecule has 1 rings (SSSR count). The van der Waals surface area contributed by atoms with E-state index in [9.17, 15) is 4.79 Å². The standard InChI is InChI=1S/C16H25NO2/c1-12-10-14(3)15(11-13(12)2)6-8-17(4)9-7-16(18)19-5/h10-11H,6-9H2,1-5H3. The first-order chi connectivity index (χ1) is 8.93. The number of likely N-dealkylation sites (N-methyl/N-ethyl adjacent to an activating group) is 1. The SMILES string of the molecule is COC(=O)CCN(C)CCc1cc(C)c(C)cc1C. The van der Waals surface area contributed by atoms with Gasteiger partial charge < -0.3 is 9.64 Å². The van der Waals surface area contributed by atoms with Gasteiger partial charge in [-0.3, -0.25) is 4.79 Å². The number of nitrogens with zero attached hydrogens (tertiary/aromatic N) is 1. The van der Waals surface area contributed by atoms with Crippen LogP contribution in [-0.2, 0) is 16.0 Å². The molecule has 0 aliphatic rings. The molecule has 0 bridgehead atoms. The molecule has 0 radical (unpaired) electrons. The van der Waals surface area contributed by atoms with Crippen LogP contribution >= 0.6 is 0 Å². The average Bonchev–Trinajstić information content (AvgIpc) is 2.38. The predicted octanol–water partition coefficient (Wildman–Crippen LogP) is 2.65. The van der Waals surface area contributed by atoms with Crippen molar-refractivity contribution in [3.05, 3.63) is 34.4 Å². The normalized spacial score (nSPS) is 10.8. The minimum atomic E-state index is -0.144. The molecule has 0 aromatic heterocycles. The fourth-order valence-corrected chi connectivity index (χ4v) is 2.10. The van der Waals surface area contributed by atoms with Crippen molar-refractivity contribution < 1.29 is 9.53 Å². The van der Waals surface area contributed by atoms with E-state index in [2.05, 4.69) is 42.5 Å². The highest BCUT2D eigenvalue weighted by molar-refractivity contribution is 5.69. The lowest BCUT2D eigenvalue weighted by Crippen LogP contribution is -2.24. The van der Waals surface area contributed by atoms with Crippen LogP contribution < -0.4 is 0 Å². The van der Waals surface area contributed by atoms with E-state index in [0.29, 0.717) is 6.42 Å². The van der Waals surface area contributed by atoms with Crippen LogP contribution in [0.4, 0.5) is 0 Å². The molecule has 0 atom stereocenters. The highest BCUT2D eigenvalue weighted by Gasteiger charge is 2.06. The summed E-state index contributed by atoms with van der Waals surface area (Å²) in [6, 6.07) is 4.53. The van der Waals surface area contributed by atoms with Gasteiger partial charge in [0.2, 0.25) is 0 Å². The summed E-state index contributed by atoms with van der Waals surface area (Å²) in [5.74, 6) is -0.144. The number of aryl methyl sites for hydroxylation is 3. The molecule has 0 saturated heterocycles. The molecule has 0 amide bonds. The van der Waals surface area contributed by atoms with Crippen LogP contribution in [0, 0.1) is 20.8 Å². The van der Waals surface area contributed by atoms with E-state index in [1.165, 1.54) is 29.4 Å². The third kappa shape index (κ3) is 5.03. The summed E-state index contributed by atoms with van der Waals surface area (Å²) in [6.07, 6.45) is 1.48. The third-order valence-electron chi connectivity index (χ3n) is 3.64. The van der Waals surface area contributed by atoms with E-state index in [4.69, 9.17) is 0 Å². The maximum Gasteiger partial charge on any atom is 0.306 e. The van der Waals surface area contributed by atoms with Crippen LogP contribution in [0.3, 0.4) is 0 Å². The maximum atomic E-state index is 11.1. The van der Waals surface area contributed by atoms with Gasteiger partial charge in [0.25, 0.3) is 0 Å². The second-order valence-corrected chi connectivity index (χ2v) is 5.24. The van der Waals surface area contributed by atoms with E-state index >= 15 is 0 Å². The minimum absolute atomic E-state index is 0.144. The van der Waals surface area contributed by atoms with Crippen LogP contribution in [0.15, 0.2) is 12.1 Å². The van der Waals surface area contributed by atoms with Gasteiger partial charge in [0.15, 0.2) is 0 Å². The topological polar surface area (TPSA) is 29.5 Å². The molecular formula is C16H25NO2. The highest BCUT2D eigenvalue weighted by Crippen LogP contribution is 2.16. The van der Waals surface area contributed by atoms with Gasteiger partial charge in [-0.2, -0.15) is 0 Å². The third-order valence-corrected chi connectivity index (χ3v) is 3.64. The molecule has 3 nitrogen and oxygen atoms in total. The Hall–Kier alpha value is -1.35. The Kier molecular flexibility index (Phi) is 6.03. The molecule has 19 heavy (non-hydrogen) atoms. The molecule has 0 saturated carbocycles. The fraction of sp³-hybridized carbons (Fsp3) is 0.562. The summed E-state index contributed by atoms with van der Waals surface area (Å²) in [6.45, 7) is 8.17. The summed E-state index contributed by atoms with van der Waals surface area (Å²) >= 11 is 0. The molecule has 0 fully saturated rings. The molecule has 0 heterocycles. The van der Waals surface area contributed by atoms with Gasteiger partial charge in [0, 0.05) is 13.1 Å². The van der Waals surface area contributed by atoms with Gasteiger partial charge in [-0.15, -0.1) is 0 Å². The van der Waals surface area contributed by atoms with E-state index in [1.54, 1.807) is 0 Å². The summed E-state index contributed by atoms with van der Waals surface area (Å²) in [5.41, 5.74) is 5.44. The van der Waals surface area contributed by atoms with Crippen LogP contribution in [0.5, 0.6) is 0 Å². The monoisotopic (exact) mass is 263 g/mol. The van der Waals surface area contributed by atoms with Crippen molar-refractivity contribution in [2.75, 3.05) is 27.2 Å². The molecule has 0 N–H and O–H groups in total. The number of carbonyl (C=O) groups excluding carboxylic acids is 1. The first-order valence-electron chi connectivity index (χ1n) is 6.76. The molecule has 0 aliphatic heterocycles. The minimum Gasteiger partial charge on any atom is -0.469 e. The zero-order chi connectivity index (χ0) is 14.4. The number of ether oxygens (including phenoxy) is 1. The van der Waals surface area contributed by atoms with E-state index < -0.39 is 0 Å². The summed E-state index contributed by atoms with van der Waals surface area (Å²) in [4.78, 5) is 13.3. The smallest absolute Gasteiger partial charge is 0.306 e. The van der Waals surface area contributed by atoms with E-state index in [0.717, 1.165) is 19.5 Å². The summed E-state index contributed by atoms with van der Waals surface area (Å²) in [7, 11) is 3.47. The second-order valence-electron chi connectivity index (χ2n) is 5.24. The number of rotatable bonds is 6. The number of benzene rings is 1. The molecule has 0 unspecified atom stereocenters. The van der Waals surface area contributed by atoms with Crippen molar-refractivity contribution >= 4 is 5.97 Å². The Morgan fingerprint density at radius 3 is 2.37 bits per heavy atom. The number of hydrogen-bond acceptors (Lipinski definition) is 3. The number of esters is 1. The maximum absolute atomic E-state index is 11.1. The molecule has 3 heteroatoms. The number of hydrogen-bond donors (Lipinski definition) is 0. The molecule has 1 aromatic rings. The highest BCUT2D eigenvalue weighted by atomic mass is 16.5. The lowest BCUT2D eigenvalue weighted by atomic mass is 9.99. The Morgan fingerprint density at radius 2 is 1.74 bits per heavy atom. The van der Waals surface area contributed by atoms with Gasteiger partial charge in [-0.1, -0.05) is 12.1 Å². The van der Waals surface area contributed by atoms with Gasteiger partial charge in [0.05, 0.1) is 13.5 Å². The first-order valence-corrected chi connectivity index (χ1v) is 6.76. The largest absolute Gasteiger partial charge is 0.469 e. The zero-order valence-corrected chi connectivity index (χ0v) is 12.7. The first kappa shape index (κ1) is 15.7. The van der Waals surface area contributed by atoms with Crippen LogP contribution in [-0.4, -0.2) is 38.1 Å². The van der Waals surface area contributed by atoms with Crippen LogP contribution in [0.2, 0.25) is 0 Å².